The molecule has 0 unspecified atom stereocenters. The van der Waals surface area contributed by atoms with E-state index in [1.54, 1.807) is 0 Å². The Morgan fingerprint density at radius 2 is 1.95 bits per heavy atom. The maximum absolute atomic E-state index is 5.86. The molecule has 106 valence electrons. The Hall–Kier alpha value is -1.19. The van der Waals surface area contributed by atoms with Crippen molar-refractivity contribution >= 4 is 11.8 Å². The van der Waals surface area contributed by atoms with Gasteiger partial charge in [-0.25, -0.2) is 0 Å². The molecule has 0 radical (unpaired) electrons. The molecule has 3 rings (SSSR count). The van der Waals surface area contributed by atoms with E-state index in [-0.39, 0.29) is 0 Å². The molecule has 3 heteroatoms. The highest BCUT2D eigenvalue weighted by Crippen LogP contribution is 2.27. The van der Waals surface area contributed by atoms with Gasteiger partial charge in [0, 0.05) is 10.9 Å². The van der Waals surface area contributed by atoms with Crippen LogP contribution in [-0.4, -0.2) is 6.04 Å². The van der Waals surface area contributed by atoms with Crippen LogP contribution in [0.1, 0.15) is 35.5 Å². The fraction of sp³-hybridized carbons (Fsp3) is 0.412. The van der Waals surface area contributed by atoms with Crippen LogP contribution >= 0.6 is 11.8 Å². The van der Waals surface area contributed by atoms with Gasteiger partial charge in [-0.1, -0.05) is 17.7 Å². The molecule has 1 aromatic carbocycles. The number of nitrogens with one attached hydrogen (secondary N) is 1. The number of thioether (sulfide) groups is 1. The van der Waals surface area contributed by atoms with Crippen molar-refractivity contribution in [2.45, 2.75) is 49.9 Å². The number of hydrogen-bond donors (Lipinski definition) is 1. The van der Waals surface area contributed by atoms with Crippen LogP contribution in [0, 0.1) is 13.8 Å². The zero-order valence-electron chi connectivity index (χ0n) is 12.1. The fourth-order valence-electron chi connectivity index (χ4n) is 2.24. The lowest BCUT2D eigenvalue weighted by Crippen LogP contribution is -2.14. The lowest BCUT2D eigenvalue weighted by Gasteiger charge is -2.05. The van der Waals surface area contributed by atoms with Crippen LogP contribution in [0.15, 0.2) is 39.6 Å². The topological polar surface area (TPSA) is 25.2 Å². The lowest BCUT2D eigenvalue weighted by molar-refractivity contribution is 0.458. The number of rotatable bonds is 6. The molecule has 0 amide bonds. The summed E-state index contributed by atoms with van der Waals surface area (Å²) in [6, 6.07) is 11.5. The first kappa shape index (κ1) is 13.8. The van der Waals surface area contributed by atoms with Gasteiger partial charge in [0.1, 0.15) is 11.5 Å². The third-order valence-corrected chi connectivity index (χ3v) is 4.76. The molecule has 0 aliphatic heterocycles. The van der Waals surface area contributed by atoms with Gasteiger partial charge in [-0.2, -0.15) is 0 Å². The van der Waals surface area contributed by atoms with E-state index in [2.05, 4.69) is 49.5 Å². The number of hydrogen-bond acceptors (Lipinski definition) is 3. The first-order chi connectivity index (χ1) is 9.70. The average Bonchev–Trinajstić information content (AvgIpc) is 3.14. The lowest BCUT2D eigenvalue weighted by atomic mass is 10.2. The summed E-state index contributed by atoms with van der Waals surface area (Å²) < 4.78 is 5.86. The van der Waals surface area contributed by atoms with E-state index in [0.29, 0.717) is 0 Å². The van der Waals surface area contributed by atoms with E-state index in [9.17, 15) is 0 Å². The Labute approximate surface area is 125 Å². The van der Waals surface area contributed by atoms with Gasteiger partial charge in [0.05, 0.1) is 12.3 Å². The summed E-state index contributed by atoms with van der Waals surface area (Å²) in [4.78, 5) is 1.34. The molecule has 0 atom stereocenters. The van der Waals surface area contributed by atoms with E-state index in [1.807, 2.05) is 11.8 Å². The minimum atomic E-state index is 0.730. The largest absolute Gasteiger partial charge is 0.464 e. The van der Waals surface area contributed by atoms with E-state index in [4.69, 9.17) is 4.42 Å². The number of aryl methyl sites for hydroxylation is 2. The van der Waals surface area contributed by atoms with Crippen LogP contribution in [0.25, 0.3) is 0 Å². The molecule has 1 N–H and O–H groups in total. The fourth-order valence-corrected chi connectivity index (χ4v) is 3.14. The standard InChI is InChI=1S/C17H21NOS/c1-12-3-8-17(13(2)9-12)20-11-16-7-6-15(19-16)10-18-14-4-5-14/h3,6-9,14,18H,4-5,10-11H2,1-2H3. The molecule has 1 saturated carbocycles. The Morgan fingerprint density at radius 3 is 2.70 bits per heavy atom. The van der Waals surface area contributed by atoms with E-state index in [0.717, 1.165) is 29.9 Å². The smallest absolute Gasteiger partial charge is 0.118 e. The van der Waals surface area contributed by atoms with Crippen molar-refractivity contribution in [1.82, 2.24) is 5.32 Å². The van der Waals surface area contributed by atoms with Crippen LogP contribution in [0.5, 0.6) is 0 Å². The summed E-state index contributed by atoms with van der Waals surface area (Å²) in [6.07, 6.45) is 2.63. The highest BCUT2D eigenvalue weighted by molar-refractivity contribution is 7.98. The molecular formula is C17H21NOS. The van der Waals surface area contributed by atoms with Gasteiger partial charge in [-0.05, 0) is 50.5 Å². The second-order valence-electron chi connectivity index (χ2n) is 5.58. The summed E-state index contributed by atoms with van der Waals surface area (Å²) in [5.41, 5.74) is 2.66. The van der Waals surface area contributed by atoms with Crippen molar-refractivity contribution in [3.8, 4) is 0 Å². The summed E-state index contributed by atoms with van der Waals surface area (Å²) in [6.45, 7) is 5.16. The van der Waals surface area contributed by atoms with Gasteiger partial charge in [-0.15, -0.1) is 11.8 Å². The molecule has 1 aliphatic rings. The molecule has 0 saturated heterocycles. The molecule has 2 nitrogen and oxygen atoms in total. The summed E-state index contributed by atoms with van der Waals surface area (Å²) in [7, 11) is 0. The molecule has 0 bridgehead atoms. The Morgan fingerprint density at radius 1 is 1.15 bits per heavy atom. The minimum absolute atomic E-state index is 0.730. The summed E-state index contributed by atoms with van der Waals surface area (Å²) in [5.74, 6) is 3.00. The third-order valence-electron chi connectivity index (χ3n) is 3.56. The predicted molar refractivity (Wildman–Crippen MR) is 84.0 cm³/mol. The molecule has 0 spiro atoms. The predicted octanol–water partition coefficient (Wildman–Crippen LogP) is 4.44. The highest BCUT2D eigenvalue weighted by Gasteiger charge is 2.20. The van der Waals surface area contributed by atoms with Crippen LogP contribution in [0.2, 0.25) is 0 Å². The van der Waals surface area contributed by atoms with E-state index < -0.39 is 0 Å². The number of furan rings is 1. The van der Waals surface area contributed by atoms with Gasteiger partial charge in [-0.3, -0.25) is 0 Å². The second-order valence-corrected chi connectivity index (χ2v) is 6.60. The van der Waals surface area contributed by atoms with Gasteiger partial charge in [0.2, 0.25) is 0 Å². The van der Waals surface area contributed by atoms with Crippen LogP contribution in [-0.2, 0) is 12.3 Å². The van der Waals surface area contributed by atoms with Crippen LogP contribution in [0.4, 0.5) is 0 Å². The molecule has 1 fully saturated rings. The maximum atomic E-state index is 5.86. The number of benzene rings is 1. The Kier molecular flexibility index (Phi) is 4.18. The summed E-state index contributed by atoms with van der Waals surface area (Å²) in [5, 5.41) is 3.47. The van der Waals surface area contributed by atoms with Crippen LogP contribution in [0.3, 0.4) is 0 Å². The van der Waals surface area contributed by atoms with Crippen molar-refractivity contribution < 1.29 is 4.42 Å². The molecular weight excluding hydrogens is 266 g/mol. The zero-order valence-corrected chi connectivity index (χ0v) is 12.9. The first-order valence-electron chi connectivity index (χ1n) is 7.22. The molecule has 1 aromatic heterocycles. The van der Waals surface area contributed by atoms with Crippen molar-refractivity contribution in [3.63, 3.8) is 0 Å². The molecule has 1 heterocycles. The van der Waals surface area contributed by atoms with Crippen LogP contribution < -0.4 is 5.32 Å². The molecule has 2 aromatic rings. The molecule has 1 aliphatic carbocycles. The average molecular weight is 287 g/mol. The van der Waals surface area contributed by atoms with Crippen molar-refractivity contribution in [3.05, 3.63) is 53.0 Å². The van der Waals surface area contributed by atoms with Gasteiger partial charge < -0.3 is 9.73 Å². The Bertz CT molecular complexity index is 586. The summed E-state index contributed by atoms with van der Waals surface area (Å²) >= 11 is 1.84. The van der Waals surface area contributed by atoms with Crippen molar-refractivity contribution in [2.75, 3.05) is 0 Å². The van der Waals surface area contributed by atoms with Gasteiger partial charge in [0.15, 0.2) is 0 Å². The zero-order chi connectivity index (χ0) is 13.9. The maximum Gasteiger partial charge on any atom is 0.118 e. The van der Waals surface area contributed by atoms with Gasteiger partial charge >= 0.3 is 0 Å². The van der Waals surface area contributed by atoms with Crippen molar-refractivity contribution in [2.24, 2.45) is 0 Å². The minimum Gasteiger partial charge on any atom is -0.464 e. The normalized spacial score (nSPS) is 14.7. The third kappa shape index (κ3) is 3.68. The Balaban J connectivity index is 1.54. The quantitative estimate of drug-likeness (QED) is 0.795. The SMILES string of the molecule is Cc1ccc(SCc2ccc(CNC3CC3)o2)c(C)c1. The monoisotopic (exact) mass is 287 g/mol. The van der Waals surface area contributed by atoms with Crippen molar-refractivity contribution in [1.29, 1.82) is 0 Å². The van der Waals surface area contributed by atoms with E-state index >= 15 is 0 Å². The van der Waals surface area contributed by atoms with E-state index in [1.165, 1.54) is 28.9 Å². The van der Waals surface area contributed by atoms with Gasteiger partial charge in [0.25, 0.3) is 0 Å². The second kappa shape index (κ2) is 6.06. The first-order valence-corrected chi connectivity index (χ1v) is 8.20. The highest BCUT2D eigenvalue weighted by atomic mass is 32.2. The molecule has 20 heavy (non-hydrogen) atoms.